The van der Waals surface area contributed by atoms with E-state index in [1.807, 2.05) is 26.4 Å². The van der Waals surface area contributed by atoms with Gasteiger partial charge in [-0.3, -0.25) is 0 Å². The molecule has 1 N–H and O–H groups in total. The van der Waals surface area contributed by atoms with Crippen LogP contribution < -0.4 is 5.32 Å². The summed E-state index contributed by atoms with van der Waals surface area (Å²) >= 11 is 0. The SMILES string of the molecule is C=CC1=C(N(C)C)C=CNC1. The summed E-state index contributed by atoms with van der Waals surface area (Å²) in [5.74, 6) is 0. The van der Waals surface area contributed by atoms with E-state index in [9.17, 15) is 0 Å². The first-order valence-electron chi connectivity index (χ1n) is 3.68. The number of nitrogens with zero attached hydrogens (tertiary/aromatic N) is 1. The van der Waals surface area contributed by atoms with Crippen molar-refractivity contribution in [2.45, 2.75) is 0 Å². The van der Waals surface area contributed by atoms with Crippen molar-refractivity contribution < 1.29 is 0 Å². The quantitative estimate of drug-likeness (QED) is 0.634. The van der Waals surface area contributed by atoms with Crippen molar-refractivity contribution in [3.8, 4) is 0 Å². The van der Waals surface area contributed by atoms with Crippen LogP contribution in [0.25, 0.3) is 0 Å². The highest BCUT2D eigenvalue weighted by Crippen LogP contribution is 2.11. The highest BCUT2D eigenvalue weighted by atomic mass is 15.1. The van der Waals surface area contributed by atoms with E-state index >= 15 is 0 Å². The van der Waals surface area contributed by atoms with Crippen molar-refractivity contribution in [3.05, 3.63) is 36.2 Å². The van der Waals surface area contributed by atoms with Gasteiger partial charge < -0.3 is 10.2 Å². The van der Waals surface area contributed by atoms with E-state index < -0.39 is 0 Å². The predicted molar refractivity (Wildman–Crippen MR) is 48.1 cm³/mol. The molecule has 0 aromatic carbocycles. The molecule has 2 nitrogen and oxygen atoms in total. The monoisotopic (exact) mass is 150 g/mol. The first-order valence-corrected chi connectivity index (χ1v) is 3.68. The number of dihydropyridines is 1. The summed E-state index contributed by atoms with van der Waals surface area (Å²) in [6.45, 7) is 4.64. The number of likely N-dealkylation sites (N-methyl/N-ethyl adjacent to an activating group) is 1. The molecule has 1 aliphatic heterocycles. The van der Waals surface area contributed by atoms with Crippen LogP contribution in [0.15, 0.2) is 36.2 Å². The summed E-state index contributed by atoms with van der Waals surface area (Å²) in [5.41, 5.74) is 2.48. The van der Waals surface area contributed by atoms with Crippen LogP contribution >= 0.6 is 0 Å². The minimum atomic E-state index is 0.882. The number of hydrogen-bond acceptors (Lipinski definition) is 2. The summed E-state index contributed by atoms with van der Waals surface area (Å²) in [4.78, 5) is 2.09. The third-order valence-corrected chi connectivity index (χ3v) is 1.71. The van der Waals surface area contributed by atoms with Gasteiger partial charge in [0.15, 0.2) is 0 Å². The van der Waals surface area contributed by atoms with Gasteiger partial charge in [-0.25, -0.2) is 0 Å². The first kappa shape index (κ1) is 7.92. The van der Waals surface area contributed by atoms with Crippen LogP contribution in [0, 0.1) is 0 Å². The number of hydrogen-bond donors (Lipinski definition) is 1. The molecule has 60 valence electrons. The Balaban J connectivity index is 2.91. The Morgan fingerprint density at radius 1 is 1.64 bits per heavy atom. The molecule has 0 spiro atoms. The summed E-state index contributed by atoms with van der Waals surface area (Å²) in [6, 6.07) is 0. The van der Waals surface area contributed by atoms with E-state index in [-0.39, 0.29) is 0 Å². The Labute approximate surface area is 67.9 Å². The average molecular weight is 150 g/mol. The molecular weight excluding hydrogens is 136 g/mol. The Morgan fingerprint density at radius 2 is 2.36 bits per heavy atom. The fourth-order valence-electron chi connectivity index (χ4n) is 1.12. The normalized spacial score (nSPS) is 16.2. The van der Waals surface area contributed by atoms with E-state index in [1.54, 1.807) is 0 Å². The van der Waals surface area contributed by atoms with Crippen molar-refractivity contribution >= 4 is 0 Å². The molecule has 0 aliphatic carbocycles. The number of rotatable bonds is 2. The average Bonchev–Trinajstić information content (AvgIpc) is 2.04. The van der Waals surface area contributed by atoms with Gasteiger partial charge in [0.05, 0.1) is 0 Å². The number of allylic oxidation sites excluding steroid dienone is 1. The molecule has 0 unspecified atom stereocenters. The summed E-state index contributed by atoms with van der Waals surface area (Å²) in [6.07, 6.45) is 5.91. The Hall–Kier alpha value is -1.18. The lowest BCUT2D eigenvalue weighted by Gasteiger charge is -2.20. The van der Waals surface area contributed by atoms with Crippen LogP contribution in [0.5, 0.6) is 0 Å². The lowest BCUT2D eigenvalue weighted by Crippen LogP contribution is -2.21. The van der Waals surface area contributed by atoms with E-state index in [2.05, 4.69) is 22.9 Å². The minimum absolute atomic E-state index is 0.882. The topological polar surface area (TPSA) is 15.3 Å². The molecule has 1 aliphatic rings. The third-order valence-electron chi connectivity index (χ3n) is 1.71. The maximum absolute atomic E-state index is 3.76. The largest absolute Gasteiger partial charge is 0.387 e. The maximum Gasteiger partial charge on any atom is 0.0425 e. The Kier molecular flexibility index (Phi) is 2.36. The van der Waals surface area contributed by atoms with Gasteiger partial charge in [0, 0.05) is 26.3 Å². The second-order valence-corrected chi connectivity index (χ2v) is 2.72. The van der Waals surface area contributed by atoms with Gasteiger partial charge in [-0.1, -0.05) is 12.7 Å². The molecule has 0 bridgehead atoms. The molecule has 0 saturated carbocycles. The Bertz CT molecular complexity index is 212. The lowest BCUT2D eigenvalue weighted by molar-refractivity contribution is 0.519. The molecule has 11 heavy (non-hydrogen) atoms. The second-order valence-electron chi connectivity index (χ2n) is 2.72. The van der Waals surface area contributed by atoms with Crippen molar-refractivity contribution in [2.75, 3.05) is 20.6 Å². The van der Waals surface area contributed by atoms with Crippen molar-refractivity contribution in [1.82, 2.24) is 10.2 Å². The molecular formula is C9H14N2. The van der Waals surface area contributed by atoms with Gasteiger partial charge in [0.25, 0.3) is 0 Å². The molecule has 0 fully saturated rings. The summed E-state index contributed by atoms with van der Waals surface area (Å²) in [5, 5.41) is 3.13. The zero-order valence-corrected chi connectivity index (χ0v) is 7.09. The van der Waals surface area contributed by atoms with Crippen LogP contribution in [0.2, 0.25) is 0 Å². The lowest BCUT2D eigenvalue weighted by atomic mass is 10.1. The molecule has 0 aromatic heterocycles. The molecule has 0 atom stereocenters. The smallest absolute Gasteiger partial charge is 0.0425 e. The third kappa shape index (κ3) is 1.64. The van der Waals surface area contributed by atoms with E-state index in [0.717, 1.165) is 6.54 Å². The Morgan fingerprint density at radius 3 is 2.82 bits per heavy atom. The highest BCUT2D eigenvalue weighted by molar-refractivity contribution is 5.34. The van der Waals surface area contributed by atoms with Crippen molar-refractivity contribution in [3.63, 3.8) is 0 Å². The predicted octanol–water partition coefficient (Wildman–Crippen LogP) is 1.10. The molecule has 2 heteroatoms. The van der Waals surface area contributed by atoms with Gasteiger partial charge in [-0.15, -0.1) is 0 Å². The van der Waals surface area contributed by atoms with Gasteiger partial charge in [0.2, 0.25) is 0 Å². The van der Waals surface area contributed by atoms with E-state index in [0.29, 0.717) is 0 Å². The van der Waals surface area contributed by atoms with Crippen LogP contribution in [0.1, 0.15) is 0 Å². The van der Waals surface area contributed by atoms with Crippen LogP contribution in [-0.2, 0) is 0 Å². The van der Waals surface area contributed by atoms with Crippen molar-refractivity contribution in [1.29, 1.82) is 0 Å². The van der Waals surface area contributed by atoms with Crippen molar-refractivity contribution in [2.24, 2.45) is 0 Å². The molecule has 0 saturated heterocycles. The van der Waals surface area contributed by atoms with Crippen LogP contribution in [0.3, 0.4) is 0 Å². The molecule has 0 aromatic rings. The molecule has 1 rings (SSSR count). The van der Waals surface area contributed by atoms with Gasteiger partial charge in [0.1, 0.15) is 0 Å². The second kappa shape index (κ2) is 3.28. The minimum Gasteiger partial charge on any atom is -0.387 e. The maximum atomic E-state index is 3.76. The zero-order valence-electron chi connectivity index (χ0n) is 7.09. The van der Waals surface area contributed by atoms with E-state index in [1.165, 1.54) is 11.3 Å². The molecule has 0 amide bonds. The number of nitrogens with one attached hydrogen (secondary N) is 1. The highest BCUT2D eigenvalue weighted by Gasteiger charge is 2.05. The summed E-state index contributed by atoms with van der Waals surface area (Å²) < 4.78 is 0. The van der Waals surface area contributed by atoms with Crippen LogP contribution in [-0.4, -0.2) is 25.5 Å². The molecule has 0 radical (unpaired) electrons. The fraction of sp³-hybridized carbons (Fsp3) is 0.333. The van der Waals surface area contributed by atoms with Gasteiger partial charge >= 0.3 is 0 Å². The van der Waals surface area contributed by atoms with Crippen LogP contribution in [0.4, 0.5) is 0 Å². The molecule has 1 heterocycles. The summed E-state index contributed by atoms with van der Waals surface area (Å²) in [7, 11) is 4.07. The van der Waals surface area contributed by atoms with Gasteiger partial charge in [-0.2, -0.15) is 0 Å². The standard InChI is InChI=1S/C9H14N2/c1-4-8-7-10-6-5-9(8)11(2)3/h4-6,10H,1,7H2,2-3H3. The van der Waals surface area contributed by atoms with Gasteiger partial charge in [-0.05, 0) is 17.8 Å². The van der Waals surface area contributed by atoms with E-state index in [4.69, 9.17) is 0 Å². The first-order chi connectivity index (χ1) is 5.25. The fourth-order valence-corrected chi connectivity index (χ4v) is 1.12. The zero-order chi connectivity index (χ0) is 8.27.